The Morgan fingerprint density at radius 1 is 0.500 bits per heavy atom. The van der Waals surface area contributed by atoms with Gasteiger partial charge in [-0.1, -0.05) is 115 Å². The van der Waals surface area contributed by atoms with Crippen LogP contribution in [0.3, 0.4) is 0 Å². The Morgan fingerprint density at radius 3 is 1.17 bits per heavy atom. The van der Waals surface area contributed by atoms with E-state index in [2.05, 4.69) is 26.0 Å². The van der Waals surface area contributed by atoms with Crippen molar-refractivity contribution >= 4 is 0 Å². The summed E-state index contributed by atoms with van der Waals surface area (Å²) in [5, 5.41) is 21.1. The topological polar surface area (TPSA) is 103 Å². The van der Waals surface area contributed by atoms with Crippen LogP contribution in [0, 0.1) is 0 Å². The van der Waals surface area contributed by atoms with E-state index in [0.29, 0.717) is 17.9 Å². The zero-order chi connectivity index (χ0) is 23.7. The molecule has 0 saturated heterocycles. The van der Waals surface area contributed by atoms with Gasteiger partial charge in [-0.15, -0.1) is 0 Å². The molecule has 0 saturated carbocycles. The molecule has 0 heterocycles. The number of phenolic OH excluding ortho intramolecular Hbond substituents is 2. The van der Waals surface area contributed by atoms with Crippen LogP contribution in [-0.2, 0) is 36.0 Å². The van der Waals surface area contributed by atoms with Crippen LogP contribution in [0.15, 0.2) is 36.4 Å². The zero-order valence-electron chi connectivity index (χ0n) is 22.7. The van der Waals surface area contributed by atoms with Crippen LogP contribution >= 0.6 is 0 Å². The van der Waals surface area contributed by atoms with Gasteiger partial charge in [0.15, 0.2) is 0 Å². The van der Waals surface area contributed by atoms with Crippen molar-refractivity contribution in [2.75, 3.05) is 0 Å². The molecule has 4 nitrogen and oxygen atoms in total. The monoisotopic (exact) mass is 547 g/mol. The van der Waals surface area contributed by atoms with Gasteiger partial charge in [0, 0.05) is 23.2 Å². The van der Waals surface area contributed by atoms with E-state index < -0.39 is 0 Å². The number of hydrogen-bond donors (Lipinski definition) is 2. The summed E-state index contributed by atoms with van der Waals surface area (Å²) in [5.74, 6) is 0.698. The van der Waals surface area contributed by atoms with Crippen molar-refractivity contribution in [1.82, 2.24) is 0 Å². The normalized spacial score (nSPS) is 10.3. The maximum Gasteiger partial charge on any atom is 0.119 e. The first-order chi connectivity index (χ1) is 16.1. The predicted octanol–water partition coefficient (Wildman–Crippen LogP) is 7.62. The molecule has 0 aromatic heterocycles. The SMILES string of the molecule is CCCCCCCCCc1ccc(Cc2ccc(CCCCCCCCC)cc2O)c(O)c1.O.O.[Co]. The van der Waals surface area contributed by atoms with E-state index in [1.165, 1.54) is 101 Å². The van der Waals surface area contributed by atoms with Crippen molar-refractivity contribution in [2.45, 2.75) is 123 Å². The van der Waals surface area contributed by atoms with Gasteiger partial charge in [0.25, 0.3) is 0 Å². The molecular weight excluding hydrogens is 495 g/mol. The molecule has 0 unspecified atom stereocenters. The average molecular weight is 548 g/mol. The summed E-state index contributed by atoms with van der Waals surface area (Å²) in [5.41, 5.74) is 4.18. The third-order valence-electron chi connectivity index (χ3n) is 6.82. The van der Waals surface area contributed by atoms with E-state index in [-0.39, 0.29) is 27.7 Å². The third-order valence-corrected chi connectivity index (χ3v) is 6.82. The standard InChI is InChI=1S/C31H48O2.Co.2H2O/c1-3-5-7-9-11-13-15-17-26-19-21-28(30(32)23-26)25-29-22-20-27(24-31(29)33)18-16-14-12-10-8-6-4-2;;;/h19-24,32-33H,3-18,25H2,1-2H3;;2*1H2. The fourth-order valence-corrected chi connectivity index (χ4v) is 4.61. The molecule has 6 N–H and O–H groups in total. The van der Waals surface area contributed by atoms with E-state index in [9.17, 15) is 10.2 Å². The van der Waals surface area contributed by atoms with Crippen LogP contribution in [-0.4, -0.2) is 21.2 Å². The van der Waals surface area contributed by atoms with Crippen molar-refractivity contribution in [3.63, 3.8) is 0 Å². The van der Waals surface area contributed by atoms with E-state index in [1.54, 1.807) is 0 Å². The van der Waals surface area contributed by atoms with Crippen molar-refractivity contribution in [3.8, 4) is 11.5 Å². The molecule has 36 heavy (non-hydrogen) atoms. The molecule has 0 fully saturated rings. The molecule has 5 heteroatoms. The molecule has 2 rings (SSSR count). The number of unbranched alkanes of at least 4 members (excludes halogenated alkanes) is 12. The van der Waals surface area contributed by atoms with Gasteiger partial charge in [-0.3, -0.25) is 0 Å². The minimum absolute atomic E-state index is 0. The molecule has 0 aliphatic heterocycles. The maximum atomic E-state index is 10.5. The fourth-order valence-electron chi connectivity index (χ4n) is 4.61. The molecule has 1 radical (unpaired) electrons. The summed E-state index contributed by atoms with van der Waals surface area (Å²) in [6.07, 6.45) is 20.9. The zero-order valence-corrected chi connectivity index (χ0v) is 23.8. The summed E-state index contributed by atoms with van der Waals surface area (Å²) in [7, 11) is 0. The second kappa shape index (κ2) is 22.6. The van der Waals surface area contributed by atoms with Gasteiger partial charge in [-0.05, 0) is 60.1 Å². The molecule has 209 valence electrons. The van der Waals surface area contributed by atoms with Gasteiger partial charge in [0.05, 0.1) is 0 Å². The molecule has 2 aromatic carbocycles. The van der Waals surface area contributed by atoms with Crippen molar-refractivity contribution in [2.24, 2.45) is 0 Å². The number of aryl methyl sites for hydroxylation is 2. The Morgan fingerprint density at radius 2 is 0.833 bits per heavy atom. The average Bonchev–Trinajstić information content (AvgIpc) is 2.81. The first kappa shape index (κ1) is 36.6. The molecule has 0 atom stereocenters. The Balaban J connectivity index is 0. The number of rotatable bonds is 18. The summed E-state index contributed by atoms with van der Waals surface area (Å²) in [6.45, 7) is 4.51. The third kappa shape index (κ3) is 14.9. The van der Waals surface area contributed by atoms with Gasteiger partial charge in [-0.2, -0.15) is 0 Å². The molecular formula is C31H52CoO4. The molecule has 0 spiro atoms. The Kier molecular flexibility index (Phi) is 23.0. The summed E-state index contributed by atoms with van der Waals surface area (Å²) in [4.78, 5) is 0. The minimum Gasteiger partial charge on any atom is -0.508 e. The van der Waals surface area contributed by atoms with Crippen molar-refractivity contribution in [3.05, 3.63) is 58.7 Å². The summed E-state index contributed by atoms with van der Waals surface area (Å²) < 4.78 is 0. The summed E-state index contributed by atoms with van der Waals surface area (Å²) >= 11 is 0. The number of phenols is 2. The van der Waals surface area contributed by atoms with Gasteiger partial charge in [-0.25, -0.2) is 0 Å². The number of aromatic hydroxyl groups is 2. The largest absolute Gasteiger partial charge is 0.508 e. The molecule has 0 amide bonds. The second-order valence-electron chi connectivity index (χ2n) is 9.85. The minimum atomic E-state index is 0. The number of hydrogen-bond acceptors (Lipinski definition) is 2. The quantitative estimate of drug-likeness (QED) is 0.187. The predicted molar refractivity (Wildman–Crippen MR) is 150 cm³/mol. The van der Waals surface area contributed by atoms with E-state index >= 15 is 0 Å². The van der Waals surface area contributed by atoms with Crippen molar-refractivity contribution < 1.29 is 37.9 Å². The van der Waals surface area contributed by atoms with Gasteiger partial charge < -0.3 is 21.2 Å². The molecule has 2 aromatic rings. The molecule has 0 aliphatic carbocycles. The number of benzene rings is 2. The Hall–Kier alpha value is -1.53. The van der Waals surface area contributed by atoms with Crippen LogP contribution < -0.4 is 0 Å². The fraction of sp³-hybridized carbons (Fsp3) is 0.613. The molecule has 0 aliphatic rings. The molecule has 0 bridgehead atoms. The van der Waals surface area contributed by atoms with Crippen LogP contribution in [0.1, 0.15) is 126 Å². The smallest absolute Gasteiger partial charge is 0.119 e. The van der Waals surface area contributed by atoms with E-state index in [0.717, 1.165) is 24.0 Å². The van der Waals surface area contributed by atoms with Crippen LogP contribution in [0.2, 0.25) is 0 Å². The van der Waals surface area contributed by atoms with E-state index in [4.69, 9.17) is 0 Å². The summed E-state index contributed by atoms with van der Waals surface area (Å²) in [6, 6.07) is 12.2. The van der Waals surface area contributed by atoms with E-state index in [1.807, 2.05) is 24.3 Å². The van der Waals surface area contributed by atoms with Gasteiger partial charge >= 0.3 is 0 Å². The maximum absolute atomic E-state index is 10.5. The van der Waals surface area contributed by atoms with Gasteiger partial charge in [0.1, 0.15) is 11.5 Å². The first-order valence-electron chi connectivity index (χ1n) is 13.8. The Bertz CT molecular complexity index is 729. The van der Waals surface area contributed by atoms with Gasteiger partial charge in [0.2, 0.25) is 0 Å². The first-order valence-corrected chi connectivity index (χ1v) is 13.8. The second-order valence-corrected chi connectivity index (χ2v) is 9.85. The van der Waals surface area contributed by atoms with Crippen molar-refractivity contribution in [1.29, 1.82) is 0 Å². The van der Waals surface area contributed by atoms with Crippen LogP contribution in [0.5, 0.6) is 11.5 Å². The van der Waals surface area contributed by atoms with Crippen LogP contribution in [0.25, 0.3) is 0 Å². The van der Waals surface area contributed by atoms with Crippen LogP contribution in [0.4, 0.5) is 0 Å². The Labute approximate surface area is 230 Å².